The Hall–Kier alpha value is -1.68. The molecule has 0 saturated carbocycles. The summed E-state index contributed by atoms with van der Waals surface area (Å²) in [5.41, 5.74) is 0.821. The average Bonchev–Trinajstić information content (AvgIpc) is 2.47. The fourth-order valence-electron chi connectivity index (χ4n) is 2.56. The van der Waals surface area contributed by atoms with E-state index < -0.39 is 0 Å². The lowest BCUT2D eigenvalue weighted by molar-refractivity contribution is -0.117. The van der Waals surface area contributed by atoms with E-state index in [1.807, 2.05) is 0 Å². The summed E-state index contributed by atoms with van der Waals surface area (Å²) in [6, 6.07) is 6.91. The number of rotatable bonds is 4. The molecule has 114 valence electrons. The maximum absolute atomic E-state index is 12.8. The summed E-state index contributed by atoms with van der Waals surface area (Å²) in [4.78, 5) is 14.3. The molecule has 0 unspecified atom stereocenters. The van der Waals surface area contributed by atoms with Crippen LogP contribution >= 0.6 is 0 Å². The highest BCUT2D eigenvalue weighted by molar-refractivity contribution is 5.91. The Bertz CT molecular complexity index is 488. The van der Waals surface area contributed by atoms with Crippen molar-refractivity contribution in [1.82, 2.24) is 10.2 Å². The highest BCUT2D eigenvalue weighted by Gasteiger charge is 2.21. The molecule has 1 saturated heterocycles. The molecule has 1 aromatic carbocycles. The fraction of sp³-hybridized carbons (Fsp3) is 0.471. The Labute approximate surface area is 125 Å². The quantitative estimate of drug-likeness (QED) is 0.865. The number of carbonyl (C=O) groups is 1. The van der Waals surface area contributed by atoms with Gasteiger partial charge in [0, 0.05) is 31.2 Å². The average molecular weight is 290 g/mol. The highest BCUT2D eigenvalue weighted by Crippen LogP contribution is 2.13. The van der Waals surface area contributed by atoms with E-state index in [4.69, 9.17) is 0 Å². The fourth-order valence-corrected chi connectivity index (χ4v) is 2.56. The molecule has 0 atom stereocenters. The summed E-state index contributed by atoms with van der Waals surface area (Å²) >= 11 is 0. The van der Waals surface area contributed by atoms with Crippen molar-refractivity contribution >= 4 is 12.0 Å². The predicted octanol–water partition coefficient (Wildman–Crippen LogP) is 2.83. The third kappa shape index (κ3) is 4.97. The third-order valence-corrected chi connectivity index (χ3v) is 3.90. The van der Waals surface area contributed by atoms with Gasteiger partial charge in [-0.25, -0.2) is 4.39 Å². The van der Waals surface area contributed by atoms with Crippen molar-refractivity contribution in [3.8, 4) is 0 Å². The van der Waals surface area contributed by atoms with Gasteiger partial charge in [-0.05, 0) is 50.5 Å². The lowest BCUT2D eigenvalue weighted by Gasteiger charge is -2.34. The van der Waals surface area contributed by atoms with Crippen LogP contribution in [-0.4, -0.2) is 36.0 Å². The largest absolute Gasteiger partial charge is 0.350 e. The number of hydrogen-bond donors (Lipinski definition) is 1. The van der Waals surface area contributed by atoms with E-state index in [1.165, 1.54) is 18.2 Å². The molecule has 1 aliphatic heterocycles. The molecule has 1 aromatic rings. The first-order valence-corrected chi connectivity index (χ1v) is 7.53. The Morgan fingerprint density at radius 2 is 1.90 bits per heavy atom. The summed E-state index contributed by atoms with van der Waals surface area (Å²) < 4.78 is 12.8. The number of hydrogen-bond acceptors (Lipinski definition) is 2. The number of piperidine rings is 1. The number of carbonyl (C=O) groups excluding carboxylic acids is 1. The number of benzene rings is 1. The van der Waals surface area contributed by atoms with Gasteiger partial charge in [-0.15, -0.1) is 0 Å². The van der Waals surface area contributed by atoms with E-state index in [2.05, 4.69) is 24.1 Å². The van der Waals surface area contributed by atoms with Crippen molar-refractivity contribution in [1.29, 1.82) is 0 Å². The van der Waals surface area contributed by atoms with E-state index in [9.17, 15) is 9.18 Å². The molecule has 1 amide bonds. The second-order valence-electron chi connectivity index (χ2n) is 5.80. The molecule has 1 aliphatic rings. The van der Waals surface area contributed by atoms with Gasteiger partial charge in [-0.1, -0.05) is 12.1 Å². The maximum atomic E-state index is 12.8. The third-order valence-electron chi connectivity index (χ3n) is 3.90. The Kier molecular flexibility index (Phi) is 5.51. The topological polar surface area (TPSA) is 32.3 Å². The molecule has 0 aliphatic carbocycles. The summed E-state index contributed by atoms with van der Waals surface area (Å²) in [6.45, 7) is 6.46. The lowest BCUT2D eigenvalue weighted by atomic mass is 10.0. The molecule has 0 radical (unpaired) electrons. The van der Waals surface area contributed by atoms with Crippen LogP contribution in [0, 0.1) is 5.82 Å². The minimum atomic E-state index is -0.270. The molecule has 1 N–H and O–H groups in total. The Morgan fingerprint density at radius 3 is 2.48 bits per heavy atom. The van der Waals surface area contributed by atoms with Gasteiger partial charge in [0.15, 0.2) is 0 Å². The highest BCUT2D eigenvalue weighted by atomic mass is 19.1. The predicted molar refractivity (Wildman–Crippen MR) is 83.3 cm³/mol. The Balaban J connectivity index is 1.78. The summed E-state index contributed by atoms with van der Waals surface area (Å²) in [7, 11) is 0. The molecule has 1 heterocycles. The van der Waals surface area contributed by atoms with Gasteiger partial charge in [0.2, 0.25) is 5.91 Å². The van der Waals surface area contributed by atoms with Crippen LogP contribution in [0.25, 0.3) is 6.08 Å². The first kappa shape index (κ1) is 15.7. The van der Waals surface area contributed by atoms with E-state index in [1.54, 1.807) is 18.2 Å². The van der Waals surface area contributed by atoms with Crippen LogP contribution in [0.15, 0.2) is 30.3 Å². The van der Waals surface area contributed by atoms with Crippen LogP contribution in [-0.2, 0) is 4.79 Å². The molecule has 3 nitrogen and oxygen atoms in total. The lowest BCUT2D eigenvalue weighted by Crippen LogP contribution is -2.46. The monoisotopic (exact) mass is 290 g/mol. The van der Waals surface area contributed by atoms with Gasteiger partial charge in [0.25, 0.3) is 0 Å². The Morgan fingerprint density at radius 1 is 1.29 bits per heavy atom. The first-order chi connectivity index (χ1) is 10.0. The van der Waals surface area contributed by atoms with Crippen molar-refractivity contribution < 1.29 is 9.18 Å². The molecule has 2 rings (SSSR count). The molecule has 0 aromatic heterocycles. The van der Waals surface area contributed by atoms with Crippen LogP contribution in [0.2, 0.25) is 0 Å². The SMILES string of the molecule is CC(C)N1CCC(NC(=O)C=Cc2ccc(F)cc2)CC1. The standard InChI is InChI=1S/C17H23FN2O/c1-13(2)20-11-9-16(10-12-20)19-17(21)8-5-14-3-6-15(18)7-4-14/h3-8,13,16H,9-12H2,1-2H3,(H,19,21). The van der Waals surface area contributed by atoms with Crippen LogP contribution < -0.4 is 5.32 Å². The van der Waals surface area contributed by atoms with E-state index in [-0.39, 0.29) is 17.8 Å². The van der Waals surface area contributed by atoms with E-state index in [0.29, 0.717) is 6.04 Å². The van der Waals surface area contributed by atoms with Crippen molar-refractivity contribution in [3.05, 3.63) is 41.7 Å². The minimum absolute atomic E-state index is 0.0812. The van der Waals surface area contributed by atoms with Crippen LogP contribution in [0.3, 0.4) is 0 Å². The molecule has 1 fully saturated rings. The maximum Gasteiger partial charge on any atom is 0.244 e. The molecule has 21 heavy (non-hydrogen) atoms. The number of amides is 1. The summed E-state index contributed by atoms with van der Waals surface area (Å²) in [5.74, 6) is -0.351. The second-order valence-corrected chi connectivity index (χ2v) is 5.80. The van der Waals surface area contributed by atoms with Gasteiger partial charge >= 0.3 is 0 Å². The normalized spacial score (nSPS) is 17.5. The minimum Gasteiger partial charge on any atom is -0.350 e. The molecule has 4 heteroatoms. The van der Waals surface area contributed by atoms with Gasteiger partial charge in [-0.3, -0.25) is 4.79 Å². The van der Waals surface area contributed by atoms with Gasteiger partial charge in [-0.2, -0.15) is 0 Å². The number of likely N-dealkylation sites (tertiary alicyclic amines) is 1. The second kappa shape index (κ2) is 7.36. The number of halogens is 1. The zero-order valence-electron chi connectivity index (χ0n) is 12.7. The van der Waals surface area contributed by atoms with Crippen molar-refractivity contribution in [2.45, 2.75) is 38.8 Å². The van der Waals surface area contributed by atoms with E-state index in [0.717, 1.165) is 31.5 Å². The zero-order valence-corrected chi connectivity index (χ0v) is 12.7. The molecular formula is C17H23FN2O. The number of nitrogens with one attached hydrogen (secondary N) is 1. The van der Waals surface area contributed by atoms with E-state index >= 15 is 0 Å². The van der Waals surface area contributed by atoms with Crippen LogP contribution in [0.5, 0.6) is 0 Å². The van der Waals surface area contributed by atoms with Crippen LogP contribution in [0.4, 0.5) is 4.39 Å². The zero-order chi connectivity index (χ0) is 15.2. The molecular weight excluding hydrogens is 267 g/mol. The van der Waals surface area contributed by atoms with Crippen LogP contribution in [0.1, 0.15) is 32.3 Å². The summed E-state index contributed by atoms with van der Waals surface area (Å²) in [6.07, 6.45) is 5.21. The molecule has 0 spiro atoms. The van der Waals surface area contributed by atoms with Gasteiger partial charge < -0.3 is 10.2 Å². The van der Waals surface area contributed by atoms with Gasteiger partial charge in [0.1, 0.15) is 5.82 Å². The smallest absolute Gasteiger partial charge is 0.244 e. The van der Waals surface area contributed by atoms with Gasteiger partial charge in [0.05, 0.1) is 0 Å². The van der Waals surface area contributed by atoms with Crippen molar-refractivity contribution in [3.63, 3.8) is 0 Å². The van der Waals surface area contributed by atoms with Crippen molar-refractivity contribution in [2.24, 2.45) is 0 Å². The first-order valence-electron chi connectivity index (χ1n) is 7.53. The number of nitrogens with zero attached hydrogens (tertiary/aromatic N) is 1. The molecule has 0 bridgehead atoms. The summed E-state index contributed by atoms with van der Waals surface area (Å²) in [5, 5.41) is 3.03. The van der Waals surface area contributed by atoms with Crippen molar-refractivity contribution in [2.75, 3.05) is 13.1 Å².